The van der Waals surface area contributed by atoms with Gasteiger partial charge in [0.25, 0.3) is 0 Å². The monoisotopic (exact) mass is 237 g/mol. The molecule has 0 aromatic heterocycles. The molecule has 0 N–H and O–H groups in total. The van der Waals surface area contributed by atoms with E-state index in [0.717, 1.165) is 5.92 Å². The van der Waals surface area contributed by atoms with Crippen molar-refractivity contribution in [1.82, 2.24) is 0 Å². The standard InChI is InChI=1S/C6H13OS.C5H12.2CH4/c1-5(7)6(2)8(3)4;1-4-5(2)3;;/h6H,1-4H3;5H,4H2,1-3H3;2*1H4/q+1;;;. The highest BCUT2D eigenvalue weighted by Gasteiger charge is 2.19. The molecule has 0 saturated heterocycles. The van der Waals surface area contributed by atoms with Crippen molar-refractivity contribution in [3.63, 3.8) is 0 Å². The number of carbonyl (C=O) groups excluding carboxylic acids is 1. The van der Waals surface area contributed by atoms with Crippen LogP contribution in [0.1, 0.15) is 55.9 Å². The van der Waals surface area contributed by atoms with E-state index in [1.807, 2.05) is 6.92 Å². The van der Waals surface area contributed by atoms with E-state index in [-0.39, 0.29) is 31.0 Å². The van der Waals surface area contributed by atoms with Crippen molar-refractivity contribution in [2.24, 2.45) is 5.92 Å². The average Bonchev–Trinajstić information content (AvgIpc) is 2.03. The normalized spacial score (nSPS) is 10.7. The summed E-state index contributed by atoms with van der Waals surface area (Å²) in [6.07, 6.45) is 5.48. The van der Waals surface area contributed by atoms with Crippen molar-refractivity contribution in [2.75, 3.05) is 12.5 Å². The van der Waals surface area contributed by atoms with Gasteiger partial charge in [-0.2, -0.15) is 0 Å². The molecule has 2 heteroatoms. The fourth-order valence-corrected chi connectivity index (χ4v) is 0.996. The minimum absolute atomic E-state index is 0. The van der Waals surface area contributed by atoms with Gasteiger partial charge in [0.05, 0.1) is 12.5 Å². The first-order chi connectivity index (χ1) is 5.82. The highest BCUT2D eigenvalue weighted by molar-refractivity contribution is 7.96. The smallest absolute Gasteiger partial charge is 0.181 e. The van der Waals surface area contributed by atoms with Crippen LogP contribution in [0.2, 0.25) is 0 Å². The Morgan fingerprint density at radius 1 is 1.13 bits per heavy atom. The maximum atomic E-state index is 10.6. The van der Waals surface area contributed by atoms with Gasteiger partial charge in [0.15, 0.2) is 11.0 Å². The van der Waals surface area contributed by atoms with Crippen LogP contribution in [0.4, 0.5) is 0 Å². The zero-order chi connectivity index (χ0) is 11.0. The fourth-order valence-electron chi connectivity index (χ4n) is 0.332. The Morgan fingerprint density at radius 2 is 1.40 bits per heavy atom. The second kappa shape index (κ2) is 14.0. The second-order valence-corrected chi connectivity index (χ2v) is 6.40. The molecule has 1 atom stereocenters. The van der Waals surface area contributed by atoms with Crippen LogP contribution < -0.4 is 0 Å². The van der Waals surface area contributed by atoms with E-state index >= 15 is 0 Å². The summed E-state index contributed by atoms with van der Waals surface area (Å²) < 4.78 is 0. The average molecular weight is 237 g/mol. The largest absolute Gasteiger partial charge is 0.294 e. The molecule has 96 valence electrons. The summed E-state index contributed by atoms with van der Waals surface area (Å²) in [6, 6.07) is 0. The Balaban J connectivity index is -0.0000000770. The van der Waals surface area contributed by atoms with Gasteiger partial charge in [-0.25, -0.2) is 0 Å². The van der Waals surface area contributed by atoms with Gasteiger partial charge in [-0.3, -0.25) is 4.79 Å². The van der Waals surface area contributed by atoms with Gasteiger partial charge < -0.3 is 0 Å². The van der Waals surface area contributed by atoms with E-state index < -0.39 is 0 Å². The van der Waals surface area contributed by atoms with Crippen molar-refractivity contribution in [1.29, 1.82) is 0 Å². The predicted molar refractivity (Wildman–Crippen MR) is 77.9 cm³/mol. The third-order valence-corrected chi connectivity index (χ3v) is 3.84. The van der Waals surface area contributed by atoms with Gasteiger partial charge >= 0.3 is 0 Å². The van der Waals surface area contributed by atoms with Gasteiger partial charge in [-0.05, 0) is 30.7 Å². The molecule has 0 radical (unpaired) electrons. The number of Topliss-reactive ketones (excluding diaryl/α,β-unsaturated/α-hetero) is 1. The van der Waals surface area contributed by atoms with E-state index in [1.54, 1.807) is 6.92 Å². The second-order valence-electron chi connectivity index (χ2n) is 3.93. The molecule has 0 spiro atoms. The van der Waals surface area contributed by atoms with Crippen molar-refractivity contribution in [3.05, 3.63) is 0 Å². The number of carbonyl (C=O) groups is 1. The Morgan fingerprint density at radius 3 is 1.40 bits per heavy atom. The van der Waals surface area contributed by atoms with Crippen LogP contribution in [0.25, 0.3) is 0 Å². The van der Waals surface area contributed by atoms with Crippen LogP contribution >= 0.6 is 0 Å². The molecule has 0 fully saturated rings. The predicted octanol–water partition coefficient (Wildman–Crippen LogP) is 4.17. The molecule has 0 aliphatic heterocycles. The van der Waals surface area contributed by atoms with Gasteiger partial charge in [0.2, 0.25) is 0 Å². The molecule has 1 unspecified atom stereocenters. The first-order valence-corrected chi connectivity index (χ1v) is 7.00. The molecular weight excluding hydrogens is 204 g/mol. The van der Waals surface area contributed by atoms with Crippen LogP contribution in [0, 0.1) is 5.92 Å². The van der Waals surface area contributed by atoms with Crippen molar-refractivity contribution in [3.8, 4) is 0 Å². The number of hydrogen-bond acceptors (Lipinski definition) is 1. The number of ketones is 1. The van der Waals surface area contributed by atoms with Crippen LogP contribution in [-0.4, -0.2) is 23.5 Å². The number of rotatable bonds is 3. The lowest BCUT2D eigenvalue weighted by Crippen LogP contribution is -2.22. The maximum Gasteiger partial charge on any atom is 0.181 e. The van der Waals surface area contributed by atoms with E-state index in [2.05, 4.69) is 33.3 Å². The molecule has 0 aromatic rings. The first-order valence-electron chi connectivity index (χ1n) is 4.89. The van der Waals surface area contributed by atoms with Gasteiger partial charge in [-0.1, -0.05) is 42.0 Å². The van der Waals surface area contributed by atoms with Crippen LogP contribution in [0.5, 0.6) is 0 Å². The number of hydrogen-bond donors (Lipinski definition) is 0. The summed E-state index contributed by atoms with van der Waals surface area (Å²) in [4.78, 5) is 10.6. The SMILES string of the molecule is C.C.CC(=O)C(C)[S+](C)C.CCC(C)C. The summed E-state index contributed by atoms with van der Waals surface area (Å²) in [5.74, 6) is 1.19. The quantitative estimate of drug-likeness (QED) is 0.673. The molecule has 0 saturated carbocycles. The molecule has 0 aliphatic carbocycles. The fraction of sp³-hybridized carbons (Fsp3) is 0.923. The molecule has 0 aliphatic rings. The molecule has 0 bridgehead atoms. The van der Waals surface area contributed by atoms with Crippen molar-refractivity contribution in [2.45, 2.75) is 61.1 Å². The highest BCUT2D eigenvalue weighted by Crippen LogP contribution is 1.98. The van der Waals surface area contributed by atoms with Gasteiger partial charge in [-0.15, -0.1) is 0 Å². The molecule has 15 heavy (non-hydrogen) atoms. The highest BCUT2D eigenvalue weighted by atomic mass is 32.2. The molecule has 1 nitrogen and oxygen atoms in total. The van der Waals surface area contributed by atoms with E-state index in [1.165, 1.54) is 6.42 Å². The lowest BCUT2D eigenvalue weighted by Gasteiger charge is -2.00. The lowest BCUT2D eigenvalue weighted by molar-refractivity contribution is -0.116. The van der Waals surface area contributed by atoms with Gasteiger partial charge in [0.1, 0.15) is 0 Å². The van der Waals surface area contributed by atoms with Crippen LogP contribution in [0.15, 0.2) is 0 Å². The molecule has 0 aromatic carbocycles. The minimum Gasteiger partial charge on any atom is -0.294 e. The van der Waals surface area contributed by atoms with Crippen molar-refractivity contribution < 1.29 is 4.79 Å². The Labute approximate surface area is 101 Å². The molecule has 0 rings (SSSR count). The van der Waals surface area contributed by atoms with E-state index in [0.29, 0.717) is 5.78 Å². The molecule has 0 amide bonds. The summed E-state index contributed by atoms with van der Waals surface area (Å²) in [7, 11) is 0.260. The Hall–Kier alpha value is 0.0200. The van der Waals surface area contributed by atoms with Crippen LogP contribution in [-0.2, 0) is 15.7 Å². The Bertz CT molecular complexity index is 130. The van der Waals surface area contributed by atoms with Crippen molar-refractivity contribution >= 4 is 16.7 Å². The summed E-state index contributed by atoms with van der Waals surface area (Å²) in [5.41, 5.74) is 0. The topological polar surface area (TPSA) is 17.1 Å². The summed E-state index contributed by atoms with van der Waals surface area (Å²) in [6.45, 7) is 10.3. The minimum atomic E-state index is 0. The Kier molecular flexibility index (Phi) is 22.7. The van der Waals surface area contributed by atoms with Crippen LogP contribution in [0.3, 0.4) is 0 Å². The zero-order valence-corrected chi connectivity index (χ0v) is 11.0. The maximum absolute atomic E-state index is 10.6. The zero-order valence-electron chi connectivity index (χ0n) is 10.2. The molecular formula is C13H33OS+. The summed E-state index contributed by atoms with van der Waals surface area (Å²) >= 11 is 0. The van der Waals surface area contributed by atoms with E-state index in [4.69, 9.17) is 0 Å². The first kappa shape index (κ1) is 24.3. The lowest BCUT2D eigenvalue weighted by atomic mass is 10.2. The van der Waals surface area contributed by atoms with E-state index in [9.17, 15) is 4.79 Å². The van der Waals surface area contributed by atoms with Gasteiger partial charge in [0, 0.05) is 0 Å². The third-order valence-electron chi connectivity index (χ3n) is 2.10. The third kappa shape index (κ3) is 20.2. The molecule has 0 heterocycles. The summed E-state index contributed by atoms with van der Waals surface area (Å²) in [5, 5.41) is 0.259.